The fourth-order valence-corrected chi connectivity index (χ4v) is 2.48. The maximum absolute atomic E-state index is 6.21. The minimum absolute atomic E-state index is 0.518. The molecule has 1 aliphatic heterocycles. The van der Waals surface area contributed by atoms with Crippen LogP contribution in [-0.4, -0.2) is 22.6 Å². The van der Waals surface area contributed by atoms with Gasteiger partial charge in [-0.05, 0) is 18.2 Å². The van der Waals surface area contributed by atoms with Gasteiger partial charge in [0.2, 0.25) is 0 Å². The summed E-state index contributed by atoms with van der Waals surface area (Å²) in [5.41, 5.74) is 2.11. The van der Waals surface area contributed by atoms with E-state index in [0.717, 1.165) is 18.8 Å². The van der Waals surface area contributed by atoms with Crippen molar-refractivity contribution >= 4 is 23.2 Å². The Labute approximate surface area is 109 Å². The summed E-state index contributed by atoms with van der Waals surface area (Å²) < 4.78 is 2.03. The van der Waals surface area contributed by atoms with Gasteiger partial charge in [-0.15, -0.1) is 0 Å². The fourth-order valence-electron chi connectivity index (χ4n) is 1.98. The normalized spacial score (nSPS) is 15.9. The molecule has 0 amide bonds. The molecular formula is C12H11Cl2N3. The SMILES string of the molecule is Clc1ccc(-n2cncc2C2CNC2)c(Cl)c1. The Kier molecular flexibility index (Phi) is 2.82. The Balaban J connectivity index is 2.05. The first-order valence-corrected chi connectivity index (χ1v) is 6.19. The van der Waals surface area contributed by atoms with E-state index in [1.165, 1.54) is 5.69 Å². The predicted molar refractivity (Wildman–Crippen MR) is 69.2 cm³/mol. The number of imidazole rings is 1. The molecule has 0 radical (unpaired) electrons. The molecule has 3 nitrogen and oxygen atoms in total. The van der Waals surface area contributed by atoms with E-state index < -0.39 is 0 Å². The van der Waals surface area contributed by atoms with Crippen LogP contribution in [0, 0.1) is 0 Å². The molecule has 1 fully saturated rings. The maximum atomic E-state index is 6.21. The van der Waals surface area contributed by atoms with Crippen LogP contribution in [0.25, 0.3) is 5.69 Å². The monoisotopic (exact) mass is 267 g/mol. The number of aromatic nitrogens is 2. The third kappa shape index (κ3) is 1.95. The predicted octanol–water partition coefficient (Wildman–Crippen LogP) is 2.87. The Morgan fingerprint density at radius 1 is 1.29 bits per heavy atom. The van der Waals surface area contributed by atoms with Crippen LogP contribution in [0.2, 0.25) is 10.0 Å². The molecule has 0 aliphatic carbocycles. The lowest BCUT2D eigenvalue weighted by atomic mass is 10.00. The third-order valence-corrected chi connectivity index (χ3v) is 3.57. The highest BCUT2D eigenvalue weighted by Gasteiger charge is 2.23. The highest BCUT2D eigenvalue weighted by atomic mass is 35.5. The maximum Gasteiger partial charge on any atom is 0.0994 e. The van der Waals surface area contributed by atoms with E-state index in [-0.39, 0.29) is 0 Å². The van der Waals surface area contributed by atoms with E-state index in [0.29, 0.717) is 16.0 Å². The minimum atomic E-state index is 0.518. The Morgan fingerprint density at radius 2 is 2.12 bits per heavy atom. The molecule has 1 aromatic heterocycles. The van der Waals surface area contributed by atoms with Crippen molar-refractivity contribution in [2.75, 3.05) is 13.1 Å². The molecule has 0 unspecified atom stereocenters. The number of nitrogens with zero attached hydrogens (tertiary/aromatic N) is 2. The second-order valence-electron chi connectivity index (χ2n) is 4.14. The van der Waals surface area contributed by atoms with Gasteiger partial charge < -0.3 is 9.88 Å². The van der Waals surface area contributed by atoms with Crippen molar-refractivity contribution in [2.24, 2.45) is 0 Å². The average molecular weight is 268 g/mol. The van der Waals surface area contributed by atoms with Crippen LogP contribution >= 0.6 is 23.2 Å². The number of hydrogen-bond donors (Lipinski definition) is 1. The summed E-state index contributed by atoms with van der Waals surface area (Å²) in [6, 6.07) is 5.51. The number of rotatable bonds is 2. The number of halogens is 2. The van der Waals surface area contributed by atoms with Crippen LogP contribution in [0.5, 0.6) is 0 Å². The van der Waals surface area contributed by atoms with E-state index in [9.17, 15) is 0 Å². The molecule has 3 rings (SSSR count). The lowest BCUT2D eigenvalue weighted by Crippen LogP contribution is -2.40. The summed E-state index contributed by atoms with van der Waals surface area (Å²) in [5, 5.41) is 4.54. The van der Waals surface area contributed by atoms with Gasteiger partial charge in [0.25, 0.3) is 0 Å². The van der Waals surface area contributed by atoms with Crippen molar-refractivity contribution in [1.82, 2.24) is 14.9 Å². The molecule has 1 aliphatic rings. The lowest BCUT2D eigenvalue weighted by Gasteiger charge is -2.28. The average Bonchev–Trinajstić information content (AvgIpc) is 2.64. The molecule has 2 aromatic rings. The molecule has 0 atom stereocenters. The first-order chi connectivity index (χ1) is 8.25. The van der Waals surface area contributed by atoms with Crippen molar-refractivity contribution in [3.63, 3.8) is 0 Å². The summed E-state index contributed by atoms with van der Waals surface area (Å²) >= 11 is 12.1. The van der Waals surface area contributed by atoms with Crippen molar-refractivity contribution in [3.8, 4) is 5.69 Å². The molecule has 5 heteroatoms. The smallest absolute Gasteiger partial charge is 0.0994 e. The second-order valence-corrected chi connectivity index (χ2v) is 4.98. The lowest BCUT2D eigenvalue weighted by molar-refractivity contribution is 0.435. The fraction of sp³-hybridized carbons (Fsp3) is 0.250. The van der Waals surface area contributed by atoms with Crippen molar-refractivity contribution in [1.29, 1.82) is 0 Å². The zero-order chi connectivity index (χ0) is 11.8. The van der Waals surface area contributed by atoms with E-state index in [1.54, 1.807) is 12.4 Å². The molecule has 0 saturated carbocycles. The second kappa shape index (κ2) is 4.33. The van der Waals surface area contributed by atoms with Crippen LogP contribution in [-0.2, 0) is 0 Å². The van der Waals surface area contributed by atoms with Crippen molar-refractivity contribution < 1.29 is 0 Å². The van der Waals surface area contributed by atoms with Crippen LogP contribution in [0.1, 0.15) is 11.6 Å². The van der Waals surface area contributed by atoms with Crippen LogP contribution in [0.3, 0.4) is 0 Å². The molecule has 17 heavy (non-hydrogen) atoms. The summed E-state index contributed by atoms with van der Waals surface area (Å²) in [5.74, 6) is 0.518. The quantitative estimate of drug-likeness (QED) is 0.907. The summed E-state index contributed by atoms with van der Waals surface area (Å²) in [6.07, 6.45) is 3.69. The van der Waals surface area contributed by atoms with Crippen LogP contribution in [0.4, 0.5) is 0 Å². The van der Waals surface area contributed by atoms with Gasteiger partial charge in [0.05, 0.1) is 17.0 Å². The van der Waals surface area contributed by atoms with E-state index in [1.807, 2.05) is 22.9 Å². The third-order valence-electron chi connectivity index (χ3n) is 3.04. The molecule has 1 saturated heterocycles. The van der Waals surface area contributed by atoms with E-state index in [2.05, 4.69) is 10.3 Å². The summed E-state index contributed by atoms with van der Waals surface area (Å²) in [7, 11) is 0. The van der Waals surface area contributed by atoms with Gasteiger partial charge in [0.15, 0.2) is 0 Å². The van der Waals surface area contributed by atoms with Gasteiger partial charge in [-0.25, -0.2) is 4.98 Å². The van der Waals surface area contributed by atoms with Gasteiger partial charge in [0.1, 0.15) is 0 Å². The molecule has 1 aromatic carbocycles. The zero-order valence-electron chi connectivity index (χ0n) is 9.03. The first kappa shape index (κ1) is 11.1. The van der Waals surface area contributed by atoms with E-state index >= 15 is 0 Å². The molecule has 0 bridgehead atoms. The van der Waals surface area contributed by atoms with E-state index in [4.69, 9.17) is 23.2 Å². The van der Waals surface area contributed by atoms with Gasteiger partial charge in [-0.3, -0.25) is 0 Å². The molecule has 2 heterocycles. The van der Waals surface area contributed by atoms with Gasteiger partial charge in [-0.1, -0.05) is 23.2 Å². The molecule has 0 spiro atoms. The molecular weight excluding hydrogens is 257 g/mol. The number of nitrogens with one attached hydrogen (secondary N) is 1. The Morgan fingerprint density at radius 3 is 2.76 bits per heavy atom. The highest BCUT2D eigenvalue weighted by molar-refractivity contribution is 6.35. The largest absolute Gasteiger partial charge is 0.315 e. The van der Waals surface area contributed by atoms with Gasteiger partial charge >= 0.3 is 0 Å². The first-order valence-electron chi connectivity index (χ1n) is 5.44. The van der Waals surface area contributed by atoms with Crippen LogP contribution < -0.4 is 5.32 Å². The topological polar surface area (TPSA) is 29.9 Å². The van der Waals surface area contributed by atoms with Gasteiger partial charge in [0, 0.05) is 35.9 Å². The van der Waals surface area contributed by atoms with Crippen molar-refractivity contribution in [2.45, 2.75) is 5.92 Å². The number of hydrogen-bond acceptors (Lipinski definition) is 2. The summed E-state index contributed by atoms with van der Waals surface area (Å²) in [4.78, 5) is 4.21. The Bertz CT molecular complexity index is 546. The van der Waals surface area contributed by atoms with Crippen LogP contribution in [0.15, 0.2) is 30.7 Å². The van der Waals surface area contributed by atoms with Gasteiger partial charge in [-0.2, -0.15) is 0 Å². The van der Waals surface area contributed by atoms with Crippen molar-refractivity contribution in [3.05, 3.63) is 46.5 Å². The molecule has 88 valence electrons. The molecule has 1 N–H and O–H groups in total. The number of benzene rings is 1. The minimum Gasteiger partial charge on any atom is -0.315 e. The Hall–Kier alpha value is -1.03. The summed E-state index contributed by atoms with van der Waals surface area (Å²) in [6.45, 7) is 1.99. The highest BCUT2D eigenvalue weighted by Crippen LogP contribution is 2.28. The standard InChI is InChI=1S/C12H11Cl2N3/c13-9-1-2-11(10(14)3-9)17-7-16-6-12(17)8-4-15-5-8/h1-3,6-8,15H,4-5H2. The zero-order valence-corrected chi connectivity index (χ0v) is 10.5.